The highest BCUT2D eigenvalue weighted by Crippen LogP contribution is 2.43. The highest BCUT2D eigenvalue weighted by Gasteiger charge is 2.42. The number of carbonyl (C=O) groups excluding carboxylic acids is 2. The highest BCUT2D eigenvalue weighted by molar-refractivity contribution is 6.30. The molecule has 1 aromatic heterocycles. The fourth-order valence-electron chi connectivity index (χ4n) is 4.68. The van der Waals surface area contributed by atoms with E-state index in [1.165, 1.54) is 0 Å². The SMILES string of the molecule is COc1ccc(C2c3c(n(C)c4ccccc34)C(=O)N2CC(=O)NCc2ccc(Cl)cc2)cc1. The Balaban J connectivity index is 1.48. The van der Waals surface area contributed by atoms with Crippen LogP contribution in [0.4, 0.5) is 0 Å². The van der Waals surface area contributed by atoms with Crippen LogP contribution in [0.2, 0.25) is 5.02 Å². The molecule has 6 nitrogen and oxygen atoms in total. The van der Waals surface area contributed by atoms with Crippen molar-refractivity contribution < 1.29 is 14.3 Å². The number of fused-ring (bicyclic) bond motifs is 3. The number of halogens is 1. The summed E-state index contributed by atoms with van der Waals surface area (Å²) < 4.78 is 7.24. The molecule has 1 aliphatic heterocycles. The second-order valence-corrected chi connectivity index (χ2v) is 8.79. The van der Waals surface area contributed by atoms with Gasteiger partial charge in [0.1, 0.15) is 18.0 Å². The lowest BCUT2D eigenvalue weighted by Crippen LogP contribution is -2.39. The van der Waals surface area contributed by atoms with Gasteiger partial charge >= 0.3 is 0 Å². The number of aromatic nitrogens is 1. The van der Waals surface area contributed by atoms with Crippen LogP contribution in [0, 0.1) is 0 Å². The number of hydrogen-bond donors (Lipinski definition) is 1. The first-order valence-corrected chi connectivity index (χ1v) is 11.4. The minimum absolute atomic E-state index is 0.0495. The molecule has 0 radical (unpaired) electrons. The molecule has 0 aliphatic carbocycles. The minimum atomic E-state index is -0.374. The van der Waals surface area contributed by atoms with Gasteiger partial charge in [0.15, 0.2) is 0 Å². The molecular weight excluding hydrogens is 450 g/mol. The number of carbonyl (C=O) groups is 2. The van der Waals surface area contributed by atoms with Crippen LogP contribution in [0.15, 0.2) is 72.8 Å². The van der Waals surface area contributed by atoms with Gasteiger partial charge in [0.25, 0.3) is 5.91 Å². The van der Waals surface area contributed by atoms with Crippen LogP contribution < -0.4 is 10.1 Å². The van der Waals surface area contributed by atoms with Crippen LogP contribution in [0.1, 0.15) is 33.2 Å². The largest absolute Gasteiger partial charge is 0.497 e. The highest BCUT2D eigenvalue weighted by atomic mass is 35.5. The van der Waals surface area contributed by atoms with E-state index in [1.54, 1.807) is 24.1 Å². The zero-order valence-corrected chi connectivity index (χ0v) is 19.7. The van der Waals surface area contributed by atoms with Crippen molar-refractivity contribution in [2.24, 2.45) is 7.05 Å². The molecule has 4 aromatic rings. The van der Waals surface area contributed by atoms with Gasteiger partial charge in [0.05, 0.1) is 13.2 Å². The summed E-state index contributed by atoms with van der Waals surface area (Å²) in [5.74, 6) is 0.355. The number of aryl methyl sites for hydroxylation is 1. The summed E-state index contributed by atoms with van der Waals surface area (Å²) in [6.45, 7) is 0.313. The molecular formula is C27H24ClN3O3. The van der Waals surface area contributed by atoms with Gasteiger partial charge in [-0.1, -0.05) is 54.1 Å². The lowest BCUT2D eigenvalue weighted by Gasteiger charge is -2.26. The quantitative estimate of drug-likeness (QED) is 0.441. The topological polar surface area (TPSA) is 63.6 Å². The molecule has 1 unspecified atom stereocenters. The van der Waals surface area contributed by atoms with E-state index in [1.807, 2.05) is 72.3 Å². The Labute approximate surface area is 202 Å². The molecule has 0 saturated carbocycles. The van der Waals surface area contributed by atoms with E-state index in [0.717, 1.165) is 33.3 Å². The maximum absolute atomic E-state index is 13.6. The molecule has 2 heterocycles. The molecule has 5 rings (SSSR count). The molecule has 3 aromatic carbocycles. The predicted octanol–water partition coefficient (Wildman–Crippen LogP) is 4.70. The van der Waals surface area contributed by atoms with Gasteiger partial charge in [-0.05, 0) is 41.5 Å². The zero-order valence-electron chi connectivity index (χ0n) is 18.9. The second kappa shape index (κ2) is 8.88. The first-order chi connectivity index (χ1) is 16.5. The lowest BCUT2D eigenvalue weighted by atomic mass is 9.98. The van der Waals surface area contributed by atoms with E-state index >= 15 is 0 Å². The number of ether oxygens (including phenoxy) is 1. The molecule has 1 aliphatic rings. The fraction of sp³-hybridized carbons (Fsp3) is 0.185. The van der Waals surface area contributed by atoms with Crippen LogP contribution in [-0.2, 0) is 18.4 Å². The van der Waals surface area contributed by atoms with Crippen LogP contribution in [0.5, 0.6) is 5.75 Å². The van der Waals surface area contributed by atoms with Gasteiger partial charge in [-0.25, -0.2) is 0 Å². The standard InChI is InChI=1S/C27H24ClN3O3/c1-30-22-6-4-3-5-21(22)24-25(18-9-13-20(34-2)14-10-18)31(27(33)26(24)30)16-23(32)29-15-17-7-11-19(28)12-8-17/h3-14,25H,15-16H2,1-2H3,(H,29,32). The van der Waals surface area contributed by atoms with E-state index in [-0.39, 0.29) is 24.4 Å². The van der Waals surface area contributed by atoms with Gasteiger partial charge in [-0.15, -0.1) is 0 Å². The maximum Gasteiger partial charge on any atom is 0.272 e. The Morgan fingerprint density at radius 1 is 1.03 bits per heavy atom. The Kier molecular flexibility index (Phi) is 5.75. The van der Waals surface area contributed by atoms with E-state index in [9.17, 15) is 9.59 Å². The first-order valence-electron chi connectivity index (χ1n) is 11.0. The molecule has 0 bridgehead atoms. The van der Waals surface area contributed by atoms with Crippen LogP contribution in [-0.4, -0.2) is 34.9 Å². The van der Waals surface area contributed by atoms with Crippen molar-refractivity contribution in [1.82, 2.24) is 14.8 Å². The smallest absolute Gasteiger partial charge is 0.272 e. The normalized spacial score (nSPS) is 15.0. The maximum atomic E-state index is 13.6. The Morgan fingerprint density at radius 2 is 1.74 bits per heavy atom. The van der Waals surface area contributed by atoms with E-state index in [2.05, 4.69) is 5.32 Å². The molecule has 34 heavy (non-hydrogen) atoms. The predicted molar refractivity (Wildman–Crippen MR) is 132 cm³/mol. The van der Waals surface area contributed by atoms with E-state index < -0.39 is 0 Å². The van der Waals surface area contributed by atoms with Gasteiger partial charge in [-0.3, -0.25) is 9.59 Å². The van der Waals surface area contributed by atoms with Crippen molar-refractivity contribution in [2.75, 3.05) is 13.7 Å². The van der Waals surface area contributed by atoms with Crippen LogP contribution >= 0.6 is 11.6 Å². The van der Waals surface area contributed by atoms with Gasteiger partial charge in [0, 0.05) is 35.1 Å². The summed E-state index contributed by atoms with van der Waals surface area (Å²) in [6.07, 6.45) is 0. The lowest BCUT2D eigenvalue weighted by molar-refractivity contribution is -0.122. The number of nitrogens with zero attached hydrogens (tertiary/aromatic N) is 2. The minimum Gasteiger partial charge on any atom is -0.497 e. The number of hydrogen-bond acceptors (Lipinski definition) is 3. The van der Waals surface area contributed by atoms with Crippen molar-refractivity contribution in [3.8, 4) is 5.75 Å². The molecule has 7 heteroatoms. The molecule has 172 valence electrons. The third kappa shape index (κ3) is 3.80. The fourth-order valence-corrected chi connectivity index (χ4v) is 4.80. The Bertz CT molecular complexity index is 1380. The van der Waals surface area contributed by atoms with Gasteiger partial charge < -0.3 is 19.5 Å². The molecule has 1 atom stereocenters. The average molecular weight is 474 g/mol. The second-order valence-electron chi connectivity index (χ2n) is 8.35. The summed E-state index contributed by atoms with van der Waals surface area (Å²) in [6, 6.07) is 22.6. The molecule has 2 amide bonds. The zero-order chi connectivity index (χ0) is 23.8. The Hall–Kier alpha value is -3.77. The van der Waals surface area contributed by atoms with Crippen molar-refractivity contribution in [3.63, 3.8) is 0 Å². The van der Waals surface area contributed by atoms with Crippen LogP contribution in [0.25, 0.3) is 10.9 Å². The van der Waals surface area contributed by atoms with Gasteiger partial charge in [-0.2, -0.15) is 0 Å². The first kappa shape index (κ1) is 22.0. The molecule has 0 saturated heterocycles. The van der Waals surface area contributed by atoms with E-state index in [0.29, 0.717) is 17.3 Å². The summed E-state index contributed by atoms with van der Waals surface area (Å²) in [7, 11) is 3.52. The van der Waals surface area contributed by atoms with Crippen molar-refractivity contribution in [3.05, 3.63) is 100 Å². The van der Waals surface area contributed by atoms with Crippen molar-refractivity contribution >= 4 is 34.3 Å². The summed E-state index contributed by atoms with van der Waals surface area (Å²) in [4.78, 5) is 28.2. The molecule has 1 N–H and O–H groups in total. The molecule has 0 fully saturated rings. The number of rotatable bonds is 6. The summed E-state index contributed by atoms with van der Waals surface area (Å²) in [5.41, 5.74) is 4.40. The number of methoxy groups -OCH3 is 1. The van der Waals surface area contributed by atoms with Crippen molar-refractivity contribution in [1.29, 1.82) is 0 Å². The third-order valence-electron chi connectivity index (χ3n) is 6.34. The van der Waals surface area contributed by atoms with Crippen LogP contribution in [0.3, 0.4) is 0 Å². The average Bonchev–Trinajstić information content (AvgIpc) is 3.31. The number of nitrogens with one attached hydrogen (secondary N) is 1. The van der Waals surface area contributed by atoms with Crippen molar-refractivity contribution in [2.45, 2.75) is 12.6 Å². The van der Waals surface area contributed by atoms with E-state index in [4.69, 9.17) is 16.3 Å². The third-order valence-corrected chi connectivity index (χ3v) is 6.60. The number of para-hydroxylation sites is 1. The monoisotopic (exact) mass is 473 g/mol. The number of amides is 2. The van der Waals surface area contributed by atoms with Gasteiger partial charge in [0.2, 0.25) is 5.91 Å². The molecule has 0 spiro atoms. The summed E-state index contributed by atoms with van der Waals surface area (Å²) >= 11 is 5.94. The Morgan fingerprint density at radius 3 is 2.44 bits per heavy atom. The number of benzene rings is 3. The summed E-state index contributed by atoms with van der Waals surface area (Å²) in [5, 5.41) is 4.58.